The van der Waals surface area contributed by atoms with Crippen LogP contribution in [0.5, 0.6) is 0 Å². The Morgan fingerprint density at radius 1 is 1.30 bits per heavy atom. The molecule has 0 atom stereocenters. The molecule has 2 nitrogen and oxygen atoms in total. The SMILES string of the molecule is CCCNC1CCC(O)(Cc2cc(F)ccc2F)CC1. The molecule has 2 rings (SSSR count). The molecule has 1 fully saturated rings. The summed E-state index contributed by atoms with van der Waals surface area (Å²) in [6.07, 6.45) is 4.31. The molecule has 0 spiro atoms. The Kier molecular flexibility index (Phi) is 5.11. The Hall–Kier alpha value is -1.00. The van der Waals surface area contributed by atoms with Crippen molar-refractivity contribution in [3.05, 3.63) is 35.4 Å². The molecule has 0 saturated heterocycles. The third-order valence-corrected chi connectivity index (χ3v) is 4.13. The zero-order valence-electron chi connectivity index (χ0n) is 12.0. The molecule has 112 valence electrons. The summed E-state index contributed by atoms with van der Waals surface area (Å²) in [6.45, 7) is 3.11. The largest absolute Gasteiger partial charge is 0.390 e. The van der Waals surface area contributed by atoms with Crippen molar-refractivity contribution >= 4 is 0 Å². The summed E-state index contributed by atoms with van der Waals surface area (Å²) in [4.78, 5) is 0. The number of rotatable bonds is 5. The summed E-state index contributed by atoms with van der Waals surface area (Å²) in [6, 6.07) is 3.86. The van der Waals surface area contributed by atoms with Crippen molar-refractivity contribution in [3.8, 4) is 0 Å². The van der Waals surface area contributed by atoms with E-state index in [9.17, 15) is 13.9 Å². The highest BCUT2D eigenvalue weighted by Gasteiger charge is 2.33. The summed E-state index contributed by atoms with van der Waals surface area (Å²) < 4.78 is 26.8. The van der Waals surface area contributed by atoms with E-state index in [4.69, 9.17) is 0 Å². The van der Waals surface area contributed by atoms with E-state index in [0.717, 1.165) is 37.9 Å². The normalized spacial score (nSPS) is 26.7. The van der Waals surface area contributed by atoms with E-state index < -0.39 is 17.2 Å². The van der Waals surface area contributed by atoms with Gasteiger partial charge >= 0.3 is 0 Å². The number of benzene rings is 1. The number of hydrogen-bond acceptors (Lipinski definition) is 2. The van der Waals surface area contributed by atoms with Gasteiger partial charge in [0.05, 0.1) is 5.60 Å². The van der Waals surface area contributed by atoms with Crippen LogP contribution in [-0.2, 0) is 6.42 Å². The smallest absolute Gasteiger partial charge is 0.126 e. The molecule has 1 aliphatic rings. The topological polar surface area (TPSA) is 32.3 Å². The molecule has 4 heteroatoms. The predicted octanol–water partition coefficient (Wildman–Crippen LogP) is 3.18. The second-order valence-electron chi connectivity index (χ2n) is 5.87. The third kappa shape index (κ3) is 4.00. The summed E-state index contributed by atoms with van der Waals surface area (Å²) in [7, 11) is 0. The minimum Gasteiger partial charge on any atom is -0.390 e. The monoisotopic (exact) mass is 283 g/mol. The van der Waals surface area contributed by atoms with Gasteiger partial charge in [-0.25, -0.2) is 8.78 Å². The van der Waals surface area contributed by atoms with E-state index in [1.807, 2.05) is 0 Å². The molecule has 0 aliphatic heterocycles. The maximum absolute atomic E-state index is 13.6. The lowest BCUT2D eigenvalue weighted by Gasteiger charge is -2.36. The van der Waals surface area contributed by atoms with E-state index in [1.165, 1.54) is 6.07 Å². The van der Waals surface area contributed by atoms with Crippen molar-refractivity contribution in [3.63, 3.8) is 0 Å². The zero-order chi connectivity index (χ0) is 14.6. The van der Waals surface area contributed by atoms with E-state index in [1.54, 1.807) is 0 Å². The van der Waals surface area contributed by atoms with Gasteiger partial charge in [0.15, 0.2) is 0 Å². The first-order valence-electron chi connectivity index (χ1n) is 7.42. The number of nitrogens with one attached hydrogen (secondary N) is 1. The fraction of sp³-hybridized carbons (Fsp3) is 0.625. The minimum absolute atomic E-state index is 0.192. The van der Waals surface area contributed by atoms with Crippen molar-refractivity contribution in [2.24, 2.45) is 0 Å². The summed E-state index contributed by atoms with van der Waals surface area (Å²) in [5.74, 6) is -0.894. The number of halogens is 2. The van der Waals surface area contributed by atoms with Crippen LogP contribution in [0.1, 0.15) is 44.6 Å². The maximum Gasteiger partial charge on any atom is 0.126 e. The van der Waals surface area contributed by atoms with Gasteiger partial charge in [-0.1, -0.05) is 6.92 Å². The van der Waals surface area contributed by atoms with Gasteiger partial charge in [0.2, 0.25) is 0 Å². The Balaban J connectivity index is 1.94. The summed E-state index contributed by atoms with van der Waals surface area (Å²) in [5, 5.41) is 14.0. The highest BCUT2D eigenvalue weighted by atomic mass is 19.1. The highest BCUT2D eigenvalue weighted by molar-refractivity contribution is 5.21. The number of hydrogen-bond donors (Lipinski definition) is 2. The lowest BCUT2D eigenvalue weighted by molar-refractivity contribution is -0.00376. The third-order valence-electron chi connectivity index (χ3n) is 4.13. The van der Waals surface area contributed by atoms with Crippen LogP contribution in [0.4, 0.5) is 8.78 Å². The Morgan fingerprint density at radius 3 is 2.65 bits per heavy atom. The molecule has 0 bridgehead atoms. The first-order valence-corrected chi connectivity index (χ1v) is 7.42. The molecule has 0 aromatic heterocycles. The van der Waals surface area contributed by atoms with Gasteiger partial charge in [0, 0.05) is 12.5 Å². The van der Waals surface area contributed by atoms with Gasteiger partial charge in [0.25, 0.3) is 0 Å². The van der Waals surface area contributed by atoms with Gasteiger partial charge in [0.1, 0.15) is 11.6 Å². The van der Waals surface area contributed by atoms with E-state index >= 15 is 0 Å². The van der Waals surface area contributed by atoms with Gasteiger partial charge < -0.3 is 10.4 Å². The Bertz CT molecular complexity index is 442. The predicted molar refractivity (Wildman–Crippen MR) is 75.6 cm³/mol. The van der Waals surface area contributed by atoms with Gasteiger partial charge in [-0.3, -0.25) is 0 Å². The molecule has 0 radical (unpaired) electrons. The lowest BCUT2D eigenvalue weighted by Crippen LogP contribution is -2.42. The van der Waals surface area contributed by atoms with Gasteiger partial charge in [-0.2, -0.15) is 0 Å². The van der Waals surface area contributed by atoms with Crippen molar-refractivity contribution in [1.82, 2.24) is 5.32 Å². The van der Waals surface area contributed by atoms with Crippen LogP contribution in [0.15, 0.2) is 18.2 Å². The first-order chi connectivity index (χ1) is 9.52. The van der Waals surface area contributed by atoms with Gasteiger partial charge in [-0.05, 0) is 62.4 Å². The quantitative estimate of drug-likeness (QED) is 0.870. The maximum atomic E-state index is 13.6. The van der Waals surface area contributed by atoms with Crippen molar-refractivity contribution in [2.45, 2.75) is 57.1 Å². The van der Waals surface area contributed by atoms with Crippen LogP contribution < -0.4 is 5.32 Å². The first kappa shape index (κ1) is 15.4. The van der Waals surface area contributed by atoms with Crippen molar-refractivity contribution in [2.75, 3.05) is 6.54 Å². The van der Waals surface area contributed by atoms with E-state index in [2.05, 4.69) is 12.2 Å². The summed E-state index contributed by atoms with van der Waals surface area (Å²) in [5.41, 5.74) is -0.633. The molecular weight excluding hydrogens is 260 g/mol. The van der Waals surface area contributed by atoms with Crippen LogP contribution in [0.3, 0.4) is 0 Å². The molecule has 0 unspecified atom stereocenters. The van der Waals surface area contributed by atoms with Crippen LogP contribution >= 0.6 is 0 Å². The molecule has 1 aliphatic carbocycles. The second kappa shape index (κ2) is 6.64. The van der Waals surface area contributed by atoms with Crippen molar-refractivity contribution < 1.29 is 13.9 Å². The Labute approximate surface area is 119 Å². The van der Waals surface area contributed by atoms with Crippen molar-refractivity contribution in [1.29, 1.82) is 0 Å². The van der Waals surface area contributed by atoms with Crippen LogP contribution in [0.2, 0.25) is 0 Å². The lowest BCUT2D eigenvalue weighted by atomic mass is 9.78. The molecule has 20 heavy (non-hydrogen) atoms. The average Bonchev–Trinajstić information content (AvgIpc) is 2.42. The van der Waals surface area contributed by atoms with Gasteiger partial charge in [-0.15, -0.1) is 0 Å². The minimum atomic E-state index is -0.904. The van der Waals surface area contributed by atoms with Crippen LogP contribution in [-0.4, -0.2) is 23.3 Å². The second-order valence-corrected chi connectivity index (χ2v) is 5.87. The fourth-order valence-electron chi connectivity index (χ4n) is 2.92. The highest BCUT2D eigenvalue weighted by Crippen LogP contribution is 2.32. The Morgan fingerprint density at radius 2 is 2.00 bits per heavy atom. The molecule has 1 aromatic carbocycles. The average molecular weight is 283 g/mol. The molecule has 2 N–H and O–H groups in total. The van der Waals surface area contributed by atoms with Crippen LogP contribution in [0.25, 0.3) is 0 Å². The molecule has 0 heterocycles. The molecule has 0 amide bonds. The molecular formula is C16H23F2NO. The van der Waals surface area contributed by atoms with E-state index in [0.29, 0.717) is 18.9 Å². The zero-order valence-corrected chi connectivity index (χ0v) is 12.0. The summed E-state index contributed by atoms with van der Waals surface area (Å²) >= 11 is 0. The number of aliphatic hydroxyl groups is 1. The standard InChI is InChI=1S/C16H23F2NO/c1-2-9-19-14-5-7-16(20,8-6-14)11-12-10-13(17)3-4-15(12)18/h3-4,10,14,19-20H,2,5-9,11H2,1H3. The van der Waals surface area contributed by atoms with Crippen LogP contribution in [0, 0.1) is 11.6 Å². The molecule has 1 aromatic rings. The fourth-order valence-corrected chi connectivity index (χ4v) is 2.92. The van der Waals surface area contributed by atoms with E-state index in [-0.39, 0.29) is 12.0 Å². The molecule has 1 saturated carbocycles.